The summed E-state index contributed by atoms with van der Waals surface area (Å²) in [6.45, 7) is 5.77. The van der Waals surface area contributed by atoms with Gasteiger partial charge in [0.1, 0.15) is 6.10 Å². The lowest BCUT2D eigenvalue weighted by atomic mass is 9.87. The van der Waals surface area contributed by atoms with Gasteiger partial charge in [0, 0.05) is 0 Å². The van der Waals surface area contributed by atoms with Crippen LogP contribution in [0.2, 0.25) is 0 Å². The molecule has 0 bridgehead atoms. The highest BCUT2D eigenvalue weighted by Crippen LogP contribution is 2.33. The summed E-state index contributed by atoms with van der Waals surface area (Å²) < 4.78 is 0. The summed E-state index contributed by atoms with van der Waals surface area (Å²) in [5.41, 5.74) is 1.90. The summed E-state index contributed by atoms with van der Waals surface area (Å²) in [5.74, 6) is 0. The molecule has 0 aliphatic heterocycles. The Morgan fingerprint density at radius 3 is 2.65 bits per heavy atom. The first-order valence-electron chi connectivity index (χ1n) is 6.08. The number of aliphatic hydroxyl groups excluding tert-OH is 1. The van der Waals surface area contributed by atoms with Crippen LogP contribution in [0, 0.1) is 0 Å². The van der Waals surface area contributed by atoms with Gasteiger partial charge in [-0.1, -0.05) is 24.3 Å². The lowest BCUT2D eigenvalue weighted by Gasteiger charge is -2.31. The van der Waals surface area contributed by atoms with Crippen LogP contribution in [0.15, 0.2) is 24.3 Å². The van der Waals surface area contributed by atoms with E-state index in [0.717, 1.165) is 18.4 Å². The Labute approximate surface area is 102 Å². The molecule has 1 aliphatic carbocycles. The van der Waals surface area contributed by atoms with E-state index in [1.54, 1.807) is 0 Å². The standard InChI is InChI=1S/C14H20O3/c1-14(2,3)17-16-13-11-7-5-4-6-10(11)8-9-12(13)15/h4-7,12-13,15H,8-9H2,1-3H3. The molecule has 0 heterocycles. The Balaban J connectivity index is 2.15. The minimum atomic E-state index is -0.493. The first kappa shape index (κ1) is 12.6. The largest absolute Gasteiger partial charge is 0.390 e. The molecule has 3 heteroatoms. The van der Waals surface area contributed by atoms with Crippen LogP contribution >= 0.6 is 0 Å². The number of aryl methyl sites for hydroxylation is 1. The molecule has 0 saturated carbocycles. The third kappa shape index (κ3) is 3.06. The fourth-order valence-electron chi connectivity index (χ4n) is 2.01. The van der Waals surface area contributed by atoms with E-state index in [1.165, 1.54) is 5.56 Å². The van der Waals surface area contributed by atoms with Crippen molar-refractivity contribution in [3.63, 3.8) is 0 Å². The Hall–Kier alpha value is -0.900. The number of rotatable bonds is 2. The molecule has 2 atom stereocenters. The van der Waals surface area contributed by atoms with Gasteiger partial charge in [0.2, 0.25) is 0 Å². The van der Waals surface area contributed by atoms with Crippen molar-refractivity contribution in [3.05, 3.63) is 35.4 Å². The molecule has 1 aliphatic rings. The van der Waals surface area contributed by atoms with Crippen LogP contribution in [0.4, 0.5) is 0 Å². The zero-order chi connectivity index (χ0) is 12.5. The van der Waals surface area contributed by atoms with Gasteiger partial charge in [-0.25, -0.2) is 9.78 Å². The molecule has 3 nitrogen and oxygen atoms in total. The highest BCUT2D eigenvalue weighted by Gasteiger charge is 2.30. The maximum atomic E-state index is 10.0. The van der Waals surface area contributed by atoms with Gasteiger partial charge in [-0.15, -0.1) is 0 Å². The van der Waals surface area contributed by atoms with Crippen LogP contribution in [0.5, 0.6) is 0 Å². The quantitative estimate of drug-likeness (QED) is 0.634. The van der Waals surface area contributed by atoms with Crippen molar-refractivity contribution in [2.24, 2.45) is 0 Å². The van der Waals surface area contributed by atoms with Crippen LogP contribution in [-0.2, 0) is 16.2 Å². The summed E-state index contributed by atoms with van der Waals surface area (Å²) in [6, 6.07) is 8.05. The molecule has 1 N–H and O–H groups in total. The van der Waals surface area contributed by atoms with E-state index in [0.29, 0.717) is 0 Å². The number of hydrogen-bond acceptors (Lipinski definition) is 3. The molecular weight excluding hydrogens is 216 g/mol. The maximum absolute atomic E-state index is 10.0. The number of aliphatic hydroxyl groups is 1. The Kier molecular flexibility index (Phi) is 3.52. The van der Waals surface area contributed by atoms with E-state index >= 15 is 0 Å². The maximum Gasteiger partial charge on any atom is 0.144 e. The van der Waals surface area contributed by atoms with Gasteiger partial charge in [0.25, 0.3) is 0 Å². The van der Waals surface area contributed by atoms with Gasteiger partial charge >= 0.3 is 0 Å². The molecule has 1 aromatic rings. The highest BCUT2D eigenvalue weighted by molar-refractivity contribution is 5.32. The summed E-state index contributed by atoms with van der Waals surface area (Å²) in [6.07, 6.45) is 0.744. The molecule has 94 valence electrons. The van der Waals surface area contributed by atoms with E-state index in [4.69, 9.17) is 9.78 Å². The average Bonchev–Trinajstić information content (AvgIpc) is 2.26. The molecule has 2 rings (SSSR count). The number of fused-ring (bicyclic) bond motifs is 1. The van der Waals surface area contributed by atoms with Gasteiger partial charge in [-0.2, -0.15) is 0 Å². The molecule has 17 heavy (non-hydrogen) atoms. The van der Waals surface area contributed by atoms with Crippen molar-refractivity contribution in [2.75, 3.05) is 0 Å². The zero-order valence-electron chi connectivity index (χ0n) is 10.6. The molecule has 0 fully saturated rings. The first-order chi connectivity index (χ1) is 7.97. The molecular formula is C14H20O3. The molecule has 0 spiro atoms. The van der Waals surface area contributed by atoms with Crippen molar-refractivity contribution >= 4 is 0 Å². The van der Waals surface area contributed by atoms with Crippen LogP contribution in [0.1, 0.15) is 44.4 Å². The van der Waals surface area contributed by atoms with Crippen LogP contribution < -0.4 is 0 Å². The third-order valence-corrected chi connectivity index (χ3v) is 2.82. The second-order valence-corrected chi connectivity index (χ2v) is 5.52. The Morgan fingerprint density at radius 1 is 1.24 bits per heavy atom. The van der Waals surface area contributed by atoms with Crippen molar-refractivity contribution in [1.82, 2.24) is 0 Å². The Morgan fingerprint density at radius 2 is 1.94 bits per heavy atom. The van der Waals surface area contributed by atoms with E-state index in [2.05, 4.69) is 6.07 Å². The predicted molar refractivity (Wildman–Crippen MR) is 65.4 cm³/mol. The molecule has 1 aromatic carbocycles. The molecule has 2 unspecified atom stereocenters. The number of benzene rings is 1. The summed E-state index contributed by atoms with van der Waals surface area (Å²) in [4.78, 5) is 10.8. The highest BCUT2D eigenvalue weighted by atomic mass is 17.2. The minimum Gasteiger partial charge on any atom is -0.390 e. The third-order valence-electron chi connectivity index (χ3n) is 2.82. The predicted octanol–water partition coefficient (Wildman–Crippen LogP) is 2.78. The van der Waals surface area contributed by atoms with E-state index in [9.17, 15) is 5.11 Å². The second kappa shape index (κ2) is 4.77. The second-order valence-electron chi connectivity index (χ2n) is 5.52. The van der Waals surface area contributed by atoms with Crippen LogP contribution in [0.25, 0.3) is 0 Å². The summed E-state index contributed by atoms with van der Waals surface area (Å²) in [5, 5.41) is 10.0. The molecule has 0 saturated heterocycles. The average molecular weight is 236 g/mol. The van der Waals surface area contributed by atoms with Crippen molar-refractivity contribution < 1.29 is 14.9 Å². The van der Waals surface area contributed by atoms with Gasteiger partial charge in [0.05, 0.1) is 11.7 Å². The van der Waals surface area contributed by atoms with E-state index in [1.807, 2.05) is 39.0 Å². The Bertz CT molecular complexity index is 381. The van der Waals surface area contributed by atoms with Gasteiger partial charge in [-0.05, 0) is 44.7 Å². The number of hydrogen-bond donors (Lipinski definition) is 1. The summed E-state index contributed by atoms with van der Waals surface area (Å²) >= 11 is 0. The normalized spacial score (nSPS) is 24.5. The van der Waals surface area contributed by atoms with E-state index < -0.39 is 6.10 Å². The van der Waals surface area contributed by atoms with Crippen molar-refractivity contribution in [1.29, 1.82) is 0 Å². The van der Waals surface area contributed by atoms with Gasteiger partial charge in [-0.3, -0.25) is 0 Å². The van der Waals surface area contributed by atoms with Crippen LogP contribution in [-0.4, -0.2) is 16.8 Å². The zero-order valence-corrected chi connectivity index (χ0v) is 10.6. The van der Waals surface area contributed by atoms with Crippen molar-refractivity contribution in [3.8, 4) is 0 Å². The molecule has 0 amide bonds. The van der Waals surface area contributed by atoms with Crippen molar-refractivity contribution in [2.45, 2.75) is 51.4 Å². The fourth-order valence-corrected chi connectivity index (χ4v) is 2.01. The molecule has 0 aromatic heterocycles. The topological polar surface area (TPSA) is 38.7 Å². The monoisotopic (exact) mass is 236 g/mol. The lowest BCUT2D eigenvalue weighted by molar-refractivity contribution is -0.387. The van der Waals surface area contributed by atoms with Gasteiger partial charge < -0.3 is 5.11 Å². The SMILES string of the molecule is CC(C)(C)OOC1c2ccccc2CCC1O. The van der Waals surface area contributed by atoms with Gasteiger partial charge in [0.15, 0.2) is 0 Å². The van der Waals surface area contributed by atoms with Crippen LogP contribution in [0.3, 0.4) is 0 Å². The van der Waals surface area contributed by atoms with E-state index in [-0.39, 0.29) is 11.7 Å². The first-order valence-corrected chi connectivity index (χ1v) is 6.08. The minimum absolute atomic E-state index is 0.369. The fraction of sp³-hybridized carbons (Fsp3) is 0.571. The summed E-state index contributed by atoms with van der Waals surface area (Å²) in [7, 11) is 0. The lowest BCUT2D eigenvalue weighted by Crippen LogP contribution is -2.30. The molecule has 0 radical (unpaired) electrons. The smallest absolute Gasteiger partial charge is 0.144 e.